The van der Waals surface area contributed by atoms with Crippen molar-refractivity contribution in [1.29, 1.82) is 0 Å². The monoisotopic (exact) mass is 386 g/mol. The quantitative estimate of drug-likeness (QED) is 0.316. The fraction of sp³-hybridized carbons (Fsp3) is 0.750. The van der Waals surface area contributed by atoms with Crippen LogP contribution in [0.3, 0.4) is 0 Å². The number of aliphatic hydroxyl groups is 1. The van der Waals surface area contributed by atoms with Crippen LogP contribution in [0.1, 0.15) is 72.1 Å². The van der Waals surface area contributed by atoms with Gasteiger partial charge in [-0.1, -0.05) is 25.5 Å². The Hall–Kier alpha value is -1.58. The molecular weight excluding hydrogens is 352 g/mol. The number of carbonyl (C=O) groups excluding carboxylic acids is 2. The van der Waals surface area contributed by atoms with Crippen molar-refractivity contribution >= 4 is 11.8 Å². The summed E-state index contributed by atoms with van der Waals surface area (Å²) in [7, 11) is 0. The lowest BCUT2D eigenvalue weighted by Crippen LogP contribution is -2.51. The number of rotatable bonds is 3. The molecule has 0 bridgehead atoms. The summed E-state index contributed by atoms with van der Waals surface area (Å²) in [5.74, 6) is 1.90. The summed E-state index contributed by atoms with van der Waals surface area (Å²) >= 11 is 0. The largest absolute Gasteiger partial charge is 0.515 e. The number of aliphatic hydroxyl groups excluding tert-OH is 1. The van der Waals surface area contributed by atoms with Gasteiger partial charge in [0.25, 0.3) is 0 Å². The number of fused-ring (bicyclic) bond motifs is 5. The second-order valence-electron chi connectivity index (χ2n) is 10.1. The van der Waals surface area contributed by atoms with Gasteiger partial charge in [-0.15, -0.1) is 0 Å². The molecule has 3 fully saturated rings. The maximum absolute atomic E-state index is 12.6. The van der Waals surface area contributed by atoms with Gasteiger partial charge in [0.2, 0.25) is 0 Å². The van der Waals surface area contributed by atoms with E-state index < -0.39 is 0 Å². The van der Waals surface area contributed by atoms with Crippen molar-refractivity contribution in [3.8, 4) is 0 Å². The maximum Gasteiger partial charge on any atom is 0.302 e. The fourth-order valence-corrected chi connectivity index (χ4v) is 7.62. The molecule has 7 atom stereocenters. The fourth-order valence-electron chi connectivity index (χ4n) is 7.62. The van der Waals surface area contributed by atoms with Crippen LogP contribution < -0.4 is 0 Å². The molecule has 0 aromatic heterocycles. The molecule has 4 nitrogen and oxygen atoms in total. The van der Waals surface area contributed by atoms with Crippen LogP contribution in [0.4, 0.5) is 0 Å². The molecule has 0 aliphatic heterocycles. The van der Waals surface area contributed by atoms with Crippen LogP contribution in [0.2, 0.25) is 0 Å². The van der Waals surface area contributed by atoms with Gasteiger partial charge in [0, 0.05) is 25.3 Å². The van der Waals surface area contributed by atoms with Gasteiger partial charge in [-0.2, -0.15) is 0 Å². The summed E-state index contributed by atoms with van der Waals surface area (Å²) in [5, 5.41) is 9.06. The Morgan fingerprint density at radius 1 is 1.14 bits per heavy atom. The highest BCUT2D eigenvalue weighted by molar-refractivity contribution is 5.92. The van der Waals surface area contributed by atoms with Crippen molar-refractivity contribution in [1.82, 2.24) is 0 Å². The van der Waals surface area contributed by atoms with Crippen LogP contribution in [-0.2, 0) is 14.3 Å². The molecule has 0 radical (unpaired) electrons. The molecule has 3 saturated carbocycles. The minimum atomic E-state index is -0.171. The van der Waals surface area contributed by atoms with Crippen LogP contribution >= 0.6 is 0 Å². The molecule has 4 aliphatic rings. The van der Waals surface area contributed by atoms with Crippen molar-refractivity contribution < 1.29 is 19.4 Å². The summed E-state index contributed by atoms with van der Waals surface area (Å²) in [6, 6.07) is 0. The topological polar surface area (TPSA) is 63.6 Å². The smallest absolute Gasteiger partial charge is 0.302 e. The Balaban J connectivity index is 1.57. The number of ether oxygens (including phenoxy) is 1. The van der Waals surface area contributed by atoms with Gasteiger partial charge in [-0.05, 0) is 73.5 Å². The number of carbonyl (C=O) groups is 2. The predicted octanol–water partition coefficient (Wildman–Crippen LogP) is 5.14. The minimum absolute atomic E-state index is 0.0426. The molecule has 4 rings (SSSR count). The molecule has 154 valence electrons. The highest BCUT2D eigenvalue weighted by Crippen LogP contribution is 2.66. The van der Waals surface area contributed by atoms with Crippen LogP contribution in [0.15, 0.2) is 24.0 Å². The molecule has 7 unspecified atom stereocenters. The highest BCUT2D eigenvalue weighted by Gasteiger charge is 2.59. The van der Waals surface area contributed by atoms with E-state index in [-0.39, 0.29) is 34.6 Å². The molecule has 0 spiro atoms. The van der Waals surface area contributed by atoms with E-state index in [4.69, 9.17) is 9.84 Å². The zero-order valence-corrected chi connectivity index (χ0v) is 17.4. The summed E-state index contributed by atoms with van der Waals surface area (Å²) < 4.78 is 5.53. The highest BCUT2D eigenvalue weighted by atomic mass is 16.5. The predicted molar refractivity (Wildman–Crippen MR) is 108 cm³/mol. The summed E-state index contributed by atoms with van der Waals surface area (Å²) in [6.07, 6.45) is 13.2. The molecule has 28 heavy (non-hydrogen) atoms. The Kier molecular flexibility index (Phi) is 4.96. The summed E-state index contributed by atoms with van der Waals surface area (Å²) in [5.41, 5.74) is 1.78. The lowest BCUT2D eigenvalue weighted by molar-refractivity contribution is -0.149. The van der Waals surface area contributed by atoms with Crippen LogP contribution in [0, 0.1) is 34.5 Å². The van der Waals surface area contributed by atoms with E-state index in [9.17, 15) is 9.59 Å². The van der Waals surface area contributed by atoms with Gasteiger partial charge in [-0.25, -0.2) is 0 Å². The van der Waals surface area contributed by atoms with Gasteiger partial charge < -0.3 is 9.84 Å². The number of ketones is 1. The lowest BCUT2D eigenvalue weighted by Gasteiger charge is -2.58. The summed E-state index contributed by atoms with van der Waals surface area (Å²) in [4.78, 5) is 24.0. The molecule has 0 heterocycles. The van der Waals surface area contributed by atoms with Gasteiger partial charge in [0.15, 0.2) is 5.78 Å². The Morgan fingerprint density at radius 2 is 1.93 bits per heavy atom. The first kappa shape index (κ1) is 19.7. The first-order valence-corrected chi connectivity index (χ1v) is 11.0. The van der Waals surface area contributed by atoms with Crippen molar-refractivity contribution in [3.05, 3.63) is 24.0 Å². The van der Waals surface area contributed by atoms with Gasteiger partial charge in [0.05, 0.1) is 6.26 Å². The van der Waals surface area contributed by atoms with E-state index in [0.717, 1.165) is 51.2 Å². The van der Waals surface area contributed by atoms with E-state index >= 15 is 0 Å². The lowest BCUT2D eigenvalue weighted by atomic mass is 9.47. The van der Waals surface area contributed by atoms with Gasteiger partial charge >= 0.3 is 5.97 Å². The van der Waals surface area contributed by atoms with Crippen molar-refractivity contribution in [2.24, 2.45) is 34.5 Å². The molecule has 0 amide bonds. The number of hydrogen-bond acceptors (Lipinski definition) is 4. The van der Waals surface area contributed by atoms with E-state index in [0.29, 0.717) is 17.8 Å². The Labute approximate surface area is 168 Å². The minimum Gasteiger partial charge on any atom is -0.515 e. The second-order valence-corrected chi connectivity index (χ2v) is 10.1. The Morgan fingerprint density at radius 3 is 2.64 bits per heavy atom. The molecule has 4 aliphatic carbocycles. The third-order valence-electron chi connectivity index (χ3n) is 8.97. The van der Waals surface area contributed by atoms with Gasteiger partial charge in [-0.3, -0.25) is 9.59 Å². The first-order chi connectivity index (χ1) is 13.3. The summed E-state index contributed by atoms with van der Waals surface area (Å²) in [6.45, 7) is 6.27. The van der Waals surface area contributed by atoms with Crippen LogP contribution in [0.25, 0.3) is 0 Å². The average Bonchev–Trinajstić information content (AvgIpc) is 2.99. The van der Waals surface area contributed by atoms with E-state index in [1.54, 1.807) is 0 Å². The maximum atomic E-state index is 12.6. The Bertz CT molecular complexity index is 722. The number of esters is 1. The second kappa shape index (κ2) is 7.03. The molecule has 4 heteroatoms. The SMILES string of the molecule is CC(=O)OC1CCC2(C)C(=CCC3C2CCC2(C)C(C(=O)/C=C/O)CCC32)C1. The van der Waals surface area contributed by atoms with Gasteiger partial charge in [0.1, 0.15) is 6.10 Å². The van der Waals surface area contributed by atoms with Crippen molar-refractivity contribution in [2.75, 3.05) is 0 Å². The average molecular weight is 387 g/mol. The zero-order chi connectivity index (χ0) is 20.1. The standard InChI is InChI=1S/C24H34O4/c1-15(26)28-17-8-11-23(2)16(14-17)4-5-18-19-6-7-21(22(27)10-13-25)24(19,3)12-9-20(18)23/h4,10,13,17-21,25H,5-9,11-12,14H2,1-3H3/b13-10+. The zero-order valence-electron chi connectivity index (χ0n) is 17.4. The van der Waals surface area contributed by atoms with Crippen LogP contribution in [0.5, 0.6) is 0 Å². The van der Waals surface area contributed by atoms with E-state index in [1.165, 1.54) is 25.0 Å². The number of hydrogen-bond donors (Lipinski definition) is 1. The molecule has 0 aromatic carbocycles. The van der Waals surface area contributed by atoms with Crippen molar-refractivity contribution in [2.45, 2.75) is 78.2 Å². The molecule has 0 aromatic rings. The van der Waals surface area contributed by atoms with Crippen molar-refractivity contribution in [3.63, 3.8) is 0 Å². The van der Waals surface area contributed by atoms with E-state index in [1.807, 2.05) is 0 Å². The number of allylic oxidation sites excluding steroid dienone is 2. The first-order valence-electron chi connectivity index (χ1n) is 11.0. The third kappa shape index (κ3) is 2.95. The molecule has 1 N–H and O–H groups in total. The molecular formula is C24H34O4. The van der Waals surface area contributed by atoms with Crippen LogP contribution in [-0.4, -0.2) is 23.0 Å². The normalized spacial score (nSPS) is 45.0. The van der Waals surface area contributed by atoms with E-state index in [2.05, 4.69) is 19.9 Å². The third-order valence-corrected chi connectivity index (χ3v) is 8.97. The molecule has 0 saturated heterocycles.